The van der Waals surface area contributed by atoms with E-state index in [4.69, 9.17) is 9.94 Å². The van der Waals surface area contributed by atoms with Crippen LogP contribution in [0.5, 0.6) is 0 Å². The van der Waals surface area contributed by atoms with Crippen molar-refractivity contribution in [2.75, 3.05) is 13.2 Å². The molecule has 1 amide bonds. The van der Waals surface area contributed by atoms with Gasteiger partial charge >= 0.3 is 5.97 Å². The Morgan fingerprint density at radius 3 is 2.54 bits per heavy atom. The van der Waals surface area contributed by atoms with Crippen LogP contribution in [0.1, 0.15) is 86.0 Å². The number of amides is 1. The topological polar surface area (TPSA) is 125 Å². The van der Waals surface area contributed by atoms with Gasteiger partial charge in [-0.15, -0.1) is 0 Å². The van der Waals surface area contributed by atoms with Crippen LogP contribution in [-0.2, 0) is 19.2 Å². The summed E-state index contributed by atoms with van der Waals surface area (Å²) in [6, 6.07) is 0. The maximum absolute atomic E-state index is 12.4. The Morgan fingerprint density at radius 2 is 1.86 bits per heavy atom. The van der Waals surface area contributed by atoms with Gasteiger partial charge in [0.25, 0.3) is 5.91 Å². The molecule has 0 unspecified atom stereocenters. The molecule has 0 spiro atoms. The molecule has 4 aliphatic carbocycles. The zero-order valence-corrected chi connectivity index (χ0v) is 23.0. The molecule has 0 aromatic carbocycles. The van der Waals surface area contributed by atoms with Crippen molar-refractivity contribution >= 4 is 23.4 Å². The van der Waals surface area contributed by atoms with Gasteiger partial charge in [-0.25, -0.2) is 4.79 Å². The van der Waals surface area contributed by atoms with Crippen LogP contribution in [0.3, 0.4) is 0 Å². The molecule has 206 valence electrons. The molecule has 4 aliphatic rings. The second-order valence-electron chi connectivity index (χ2n) is 13.1. The highest BCUT2D eigenvalue weighted by molar-refractivity contribution is 5.96. The van der Waals surface area contributed by atoms with Gasteiger partial charge < -0.3 is 20.4 Å². The van der Waals surface area contributed by atoms with Crippen molar-refractivity contribution in [3.63, 3.8) is 0 Å². The summed E-state index contributed by atoms with van der Waals surface area (Å²) in [5.41, 5.74) is 1.62. The first-order valence-corrected chi connectivity index (χ1v) is 13.9. The zero-order chi connectivity index (χ0) is 27.2. The molecular formula is C29H44N2O6. The number of rotatable bonds is 8. The minimum atomic E-state index is -1.57. The molecule has 0 aromatic rings. The van der Waals surface area contributed by atoms with E-state index >= 15 is 0 Å². The largest absolute Gasteiger partial charge is 0.479 e. The number of oxime groups is 1. The number of Topliss-reactive ketones (excluding diaryl/α,β-unsaturated/α-hetero) is 1. The predicted molar refractivity (Wildman–Crippen MR) is 140 cm³/mol. The molecule has 0 bridgehead atoms. The molecule has 3 saturated carbocycles. The fourth-order valence-corrected chi connectivity index (χ4v) is 8.29. The molecule has 0 saturated heterocycles. The van der Waals surface area contributed by atoms with Gasteiger partial charge in [0.2, 0.25) is 0 Å². The van der Waals surface area contributed by atoms with E-state index in [0.29, 0.717) is 23.5 Å². The average Bonchev–Trinajstić information content (AvgIpc) is 3.20. The van der Waals surface area contributed by atoms with Crippen LogP contribution in [0.15, 0.2) is 16.8 Å². The third kappa shape index (κ3) is 5.10. The van der Waals surface area contributed by atoms with E-state index in [1.807, 2.05) is 0 Å². The lowest BCUT2D eigenvalue weighted by Crippen LogP contribution is -2.51. The van der Waals surface area contributed by atoms with Gasteiger partial charge in [-0.1, -0.05) is 38.4 Å². The number of hydrogen-bond acceptors (Lipinski definition) is 6. The molecule has 8 heteroatoms. The second kappa shape index (κ2) is 10.2. The van der Waals surface area contributed by atoms with Crippen molar-refractivity contribution in [2.45, 2.75) is 92.1 Å². The van der Waals surface area contributed by atoms with Crippen LogP contribution >= 0.6 is 0 Å². The summed E-state index contributed by atoms with van der Waals surface area (Å²) in [7, 11) is 0. The summed E-state index contributed by atoms with van der Waals surface area (Å²) >= 11 is 0. The number of aliphatic hydroxyl groups excluding tert-OH is 1. The van der Waals surface area contributed by atoms with Gasteiger partial charge in [0.1, 0.15) is 5.78 Å². The number of aliphatic carboxylic acids is 1. The van der Waals surface area contributed by atoms with Crippen molar-refractivity contribution in [1.82, 2.24) is 5.32 Å². The monoisotopic (exact) mass is 516 g/mol. The molecule has 37 heavy (non-hydrogen) atoms. The summed E-state index contributed by atoms with van der Waals surface area (Å²) in [5, 5.41) is 25.6. The third-order valence-corrected chi connectivity index (χ3v) is 10.6. The van der Waals surface area contributed by atoms with Crippen LogP contribution in [0.25, 0.3) is 0 Å². The maximum atomic E-state index is 12.4. The molecule has 0 aliphatic heterocycles. The second-order valence-corrected chi connectivity index (χ2v) is 13.1. The number of hydrogen-bond donors (Lipinski definition) is 3. The highest BCUT2D eigenvalue weighted by atomic mass is 16.6. The Morgan fingerprint density at radius 1 is 1.14 bits per heavy atom. The SMILES string of the molecule is CC(=O)[C@@H]1CC[C@@H]2[C@H]3CCC4=C/C(=N/OCC(=O)NCC(C)(C)[C@H](O)C(=O)O)CC[C@]4(C)[C@@H]3CC[C@@]21C. The van der Waals surface area contributed by atoms with Gasteiger partial charge in [0.15, 0.2) is 12.7 Å². The Balaban J connectivity index is 1.35. The van der Waals surface area contributed by atoms with E-state index < -0.39 is 23.4 Å². The maximum Gasteiger partial charge on any atom is 0.333 e. The van der Waals surface area contributed by atoms with E-state index in [0.717, 1.165) is 37.8 Å². The normalized spacial score (nSPS) is 37.0. The van der Waals surface area contributed by atoms with Crippen LogP contribution in [0.2, 0.25) is 0 Å². The number of nitrogens with zero attached hydrogens (tertiary/aromatic N) is 1. The minimum Gasteiger partial charge on any atom is -0.479 e. The van der Waals surface area contributed by atoms with Crippen molar-refractivity contribution in [3.8, 4) is 0 Å². The van der Waals surface area contributed by atoms with Crippen molar-refractivity contribution in [3.05, 3.63) is 11.6 Å². The molecule has 3 fully saturated rings. The Bertz CT molecular complexity index is 1000. The number of fused-ring (bicyclic) bond motifs is 5. The molecular weight excluding hydrogens is 472 g/mol. The molecule has 0 radical (unpaired) electrons. The molecule has 8 nitrogen and oxygen atoms in total. The van der Waals surface area contributed by atoms with E-state index in [9.17, 15) is 19.5 Å². The number of carbonyl (C=O) groups excluding carboxylic acids is 2. The van der Waals surface area contributed by atoms with Crippen LogP contribution in [0.4, 0.5) is 0 Å². The van der Waals surface area contributed by atoms with Crippen molar-refractivity contribution in [1.29, 1.82) is 0 Å². The highest BCUT2D eigenvalue weighted by Gasteiger charge is 2.59. The molecule has 7 atom stereocenters. The average molecular weight is 517 g/mol. The number of carboxylic acids is 1. The van der Waals surface area contributed by atoms with E-state index in [1.54, 1.807) is 20.8 Å². The van der Waals surface area contributed by atoms with E-state index in [1.165, 1.54) is 24.8 Å². The number of nitrogens with one attached hydrogen (secondary N) is 1. The Labute approximate surface area is 220 Å². The van der Waals surface area contributed by atoms with Crippen LogP contribution in [-0.4, -0.2) is 52.8 Å². The first kappa shape index (κ1) is 27.8. The Hall–Kier alpha value is -2.22. The fraction of sp³-hybridized carbons (Fsp3) is 0.793. The van der Waals surface area contributed by atoms with Gasteiger partial charge in [-0.3, -0.25) is 9.59 Å². The summed E-state index contributed by atoms with van der Waals surface area (Å²) < 4.78 is 0. The molecule has 3 N–H and O–H groups in total. The molecule has 0 heterocycles. The van der Waals surface area contributed by atoms with Crippen LogP contribution < -0.4 is 5.32 Å². The summed E-state index contributed by atoms with van der Waals surface area (Å²) in [6.07, 6.45) is 9.23. The van der Waals surface area contributed by atoms with E-state index in [-0.39, 0.29) is 29.9 Å². The minimum absolute atomic E-state index is 0.0113. The highest BCUT2D eigenvalue weighted by Crippen LogP contribution is 2.66. The molecule has 4 rings (SSSR count). The van der Waals surface area contributed by atoms with Crippen molar-refractivity contribution < 1.29 is 29.4 Å². The summed E-state index contributed by atoms with van der Waals surface area (Å²) in [6.45, 7) is 9.50. The quantitative estimate of drug-likeness (QED) is 0.417. The lowest BCUT2D eigenvalue weighted by Gasteiger charge is -2.58. The lowest BCUT2D eigenvalue weighted by atomic mass is 9.46. The number of aliphatic hydroxyl groups is 1. The van der Waals surface area contributed by atoms with Gasteiger partial charge in [-0.05, 0) is 93.0 Å². The standard InChI is InChI=1S/C29H44N2O6/c1-17(32)21-8-9-22-20-7-6-18-14-19(10-12-28(18,4)23(20)11-13-29(21,22)5)31-37-15-24(33)30-16-27(2,3)25(34)26(35)36/h14,20-23,25,34H,6-13,15-16H2,1-5H3,(H,30,33)(H,35,36)/b31-19+/t20-,21+,22-,23-,25-,28+,29-/m1/s1. The first-order chi connectivity index (χ1) is 17.3. The summed E-state index contributed by atoms with van der Waals surface area (Å²) in [5.74, 6) is 0.864. The van der Waals surface area contributed by atoms with Crippen molar-refractivity contribution in [2.24, 2.45) is 45.1 Å². The summed E-state index contributed by atoms with van der Waals surface area (Å²) in [4.78, 5) is 40.9. The number of carbonyl (C=O) groups is 3. The smallest absolute Gasteiger partial charge is 0.333 e. The predicted octanol–water partition coefficient (Wildman–Crippen LogP) is 4.11. The van der Waals surface area contributed by atoms with Gasteiger partial charge in [0, 0.05) is 17.9 Å². The molecule has 0 aromatic heterocycles. The van der Waals surface area contributed by atoms with Gasteiger partial charge in [0.05, 0.1) is 5.71 Å². The first-order valence-electron chi connectivity index (χ1n) is 13.9. The fourth-order valence-electron chi connectivity index (χ4n) is 8.29. The lowest BCUT2D eigenvalue weighted by molar-refractivity contribution is -0.153. The van der Waals surface area contributed by atoms with Gasteiger partial charge in [-0.2, -0.15) is 0 Å². The number of allylic oxidation sites excluding steroid dienone is 2. The van der Waals surface area contributed by atoms with E-state index in [2.05, 4.69) is 30.4 Å². The van der Waals surface area contributed by atoms with Crippen LogP contribution in [0, 0.1) is 39.9 Å². The number of ketones is 1. The zero-order valence-electron chi connectivity index (χ0n) is 23.0. The number of carboxylic acid groups (broad SMARTS) is 1. The third-order valence-electron chi connectivity index (χ3n) is 10.6. The Kier molecular flexibility index (Phi) is 7.63.